The molecule has 4 nitrogen and oxygen atoms in total. The van der Waals surface area contributed by atoms with Gasteiger partial charge in [0.1, 0.15) is 23.8 Å². The molecule has 0 bridgehead atoms. The van der Waals surface area contributed by atoms with Crippen LogP contribution in [0.2, 0.25) is 0 Å². The van der Waals surface area contributed by atoms with Crippen LogP contribution >= 0.6 is 12.0 Å². The lowest BCUT2D eigenvalue weighted by Gasteiger charge is -2.34. The number of nitriles is 1. The summed E-state index contributed by atoms with van der Waals surface area (Å²) in [6.07, 6.45) is 8.86. The first kappa shape index (κ1) is 19.0. The van der Waals surface area contributed by atoms with Crippen LogP contribution in [0.25, 0.3) is 0 Å². The Kier molecular flexibility index (Phi) is 6.87. The van der Waals surface area contributed by atoms with E-state index >= 15 is 0 Å². The van der Waals surface area contributed by atoms with Gasteiger partial charge in [-0.1, -0.05) is 19.3 Å². The number of hydroxylamine groups is 1. The van der Waals surface area contributed by atoms with Crippen LogP contribution in [0.4, 0.5) is 13.2 Å². The molecule has 0 heterocycles. The molecule has 0 saturated heterocycles. The molecular formula is C16H21F3N2O2S. The third-order valence-electron chi connectivity index (χ3n) is 4.58. The third-order valence-corrected chi connectivity index (χ3v) is 4.94. The van der Waals surface area contributed by atoms with E-state index in [1.165, 1.54) is 19.3 Å². The van der Waals surface area contributed by atoms with Crippen LogP contribution in [0, 0.1) is 23.2 Å². The molecule has 1 N–H and O–H groups in total. The monoisotopic (exact) mass is 362 g/mol. The summed E-state index contributed by atoms with van der Waals surface area (Å²) in [5, 5.41) is 9.23. The van der Waals surface area contributed by atoms with Crippen LogP contribution in [-0.4, -0.2) is 12.6 Å². The van der Waals surface area contributed by atoms with Crippen LogP contribution in [0.3, 0.4) is 0 Å². The van der Waals surface area contributed by atoms with Crippen molar-refractivity contribution in [1.82, 2.24) is 5.48 Å². The molecule has 2 aliphatic carbocycles. The van der Waals surface area contributed by atoms with Crippen LogP contribution in [0.15, 0.2) is 23.1 Å². The first-order valence-electron chi connectivity index (χ1n) is 7.98. The highest BCUT2D eigenvalue weighted by molar-refractivity contribution is 7.95. The van der Waals surface area contributed by atoms with E-state index in [4.69, 9.17) is 4.74 Å². The Morgan fingerprint density at radius 3 is 2.62 bits per heavy atom. The number of rotatable bonds is 5. The van der Waals surface area contributed by atoms with E-state index in [1.807, 2.05) is 12.1 Å². The molecule has 0 spiro atoms. The Morgan fingerprint density at radius 2 is 2.04 bits per heavy atom. The molecule has 2 aliphatic rings. The minimum Gasteiger partial charge on any atom is -0.501 e. The topological polar surface area (TPSA) is 54.3 Å². The van der Waals surface area contributed by atoms with E-state index < -0.39 is 17.6 Å². The average molecular weight is 362 g/mol. The van der Waals surface area contributed by atoms with E-state index in [2.05, 4.69) is 9.76 Å². The Hall–Kier alpha value is -1.33. The Balaban J connectivity index is 2.08. The molecule has 1 saturated carbocycles. The van der Waals surface area contributed by atoms with Gasteiger partial charge < -0.3 is 4.74 Å². The molecular weight excluding hydrogens is 341 g/mol. The molecule has 1 fully saturated rings. The second-order valence-corrected chi connectivity index (χ2v) is 6.82. The maximum atomic E-state index is 12.1. The van der Waals surface area contributed by atoms with Gasteiger partial charge in [0.2, 0.25) is 0 Å². The number of alkyl halides is 3. The van der Waals surface area contributed by atoms with E-state index in [0.29, 0.717) is 18.8 Å². The lowest BCUT2D eigenvalue weighted by Crippen LogP contribution is -2.25. The predicted molar refractivity (Wildman–Crippen MR) is 84.9 cm³/mol. The fourth-order valence-electron chi connectivity index (χ4n) is 3.48. The van der Waals surface area contributed by atoms with Crippen molar-refractivity contribution in [3.8, 4) is 6.07 Å². The van der Waals surface area contributed by atoms with Gasteiger partial charge in [-0.25, -0.2) is 5.48 Å². The number of nitrogens with one attached hydrogen (secondary N) is 1. The van der Waals surface area contributed by atoms with Gasteiger partial charge in [-0.2, -0.15) is 22.7 Å². The maximum absolute atomic E-state index is 12.1. The number of hydrogen-bond acceptors (Lipinski definition) is 5. The predicted octanol–water partition coefficient (Wildman–Crippen LogP) is 4.97. The van der Waals surface area contributed by atoms with Crippen molar-refractivity contribution in [2.45, 2.75) is 50.5 Å². The van der Waals surface area contributed by atoms with Crippen molar-refractivity contribution in [1.29, 1.82) is 5.26 Å². The highest BCUT2D eigenvalue weighted by Crippen LogP contribution is 2.41. The molecule has 2 rings (SSSR count). The van der Waals surface area contributed by atoms with Gasteiger partial charge in [0.25, 0.3) is 0 Å². The zero-order valence-electron chi connectivity index (χ0n) is 13.5. The largest absolute Gasteiger partial charge is 0.501 e. The number of halogens is 3. The second kappa shape index (κ2) is 8.67. The molecule has 24 heavy (non-hydrogen) atoms. The van der Waals surface area contributed by atoms with E-state index in [-0.39, 0.29) is 11.6 Å². The van der Waals surface area contributed by atoms with Crippen LogP contribution in [-0.2, 0) is 9.02 Å². The Morgan fingerprint density at radius 1 is 1.33 bits per heavy atom. The summed E-state index contributed by atoms with van der Waals surface area (Å²) in [4.78, 5) is 0. The molecule has 8 heteroatoms. The first-order chi connectivity index (χ1) is 11.4. The highest BCUT2D eigenvalue weighted by atomic mass is 32.2. The smallest absolute Gasteiger partial charge is 0.470 e. The lowest BCUT2D eigenvalue weighted by atomic mass is 9.73. The third kappa shape index (κ3) is 5.35. The van der Waals surface area contributed by atoms with Crippen LogP contribution in [0.1, 0.15) is 44.9 Å². The van der Waals surface area contributed by atoms with Crippen molar-refractivity contribution >= 4 is 12.0 Å². The van der Waals surface area contributed by atoms with Gasteiger partial charge in [0.05, 0.1) is 12.9 Å². The summed E-state index contributed by atoms with van der Waals surface area (Å²) in [6, 6.07) is 1.91. The molecule has 0 aromatic heterocycles. The van der Waals surface area contributed by atoms with Gasteiger partial charge in [-0.05, 0) is 43.3 Å². The zero-order valence-corrected chi connectivity index (χ0v) is 14.3. The summed E-state index contributed by atoms with van der Waals surface area (Å²) < 4.78 is 46.2. The van der Waals surface area contributed by atoms with E-state index in [0.717, 1.165) is 24.2 Å². The molecule has 0 aliphatic heterocycles. The molecule has 0 aromatic rings. The minimum atomic E-state index is -4.52. The SMILES string of the molecule is COC1=CC/C(=C(\C#N)NOSC(F)(F)F)CC1C1CCCCC1. The molecule has 0 radical (unpaired) electrons. The Bertz CT molecular complexity index is 534. The Labute approximate surface area is 144 Å². The summed E-state index contributed by atoms with van der Waals surface area (Å²) in [6.45, 7) is 0. The normalized spacial score (nSPS) is 24.8. The van der Waals surface area contributed by atoms with Gasteiger partial charge in [-0.15, -0.1) is 0 Å². The average Bonchev–Trinajstić information content (AvgIpc) is 2.58. The molecule has 0 amide bonds. The summed E-state index contributed by atoms with van der Waals surface area (Å²) in [7, 11) is 1.64. The van der Waals surface area contributed by atoms with Gasteiger partial charge in [0, 0.05) is 5.92 Å². The number of nitrogens with zero attached hydrogens (tertiary/aromatic N) is 1. The van der Waals surface area contributed by atoms with E-state index in [1.54, 1.807) is 7.11 Å². The van der Waals surface area contributed by atoms with Gasteiger partial charge in [-0.3, -0.25) is 0 Å². The summed E-state index contributed by atoms with van der Waals surface area (Å²) in [5.41, 5.74) is -1.56. The fraction of sp³-hybridized carbons (Fsp3) is 0.688. The first-order valence-corrected chi connectivity index (χ1v) is 8.72. The van der Waals surface area contributed by atoms with Crippen molar-refractivity contribution in [2.24, 2.45) is 11.8 Å². The summed E-state index contributed by atoms with van der Waals surface area (Å²) in [5.74, 6) is 1.60. The molecule has 0 aromatic carbocycles. The quantitative estimate of drug-likeness (QED) is 0.425. The van der Waals surface area contributed by atoms with Gasteiger partial charge in [0.15, 0.2) is 0 Å². The number of ether oxygens (including phenoxy) is 1. The summed E-state index contributed by atoms with van der Waals surface area (Å²) >= 11 is -0.661. The van der Waals surface area contributed by atoms with Crippen molar-refractivity contribution in [2.75, 3.05) is 7.11 Å². The number of methoxy groups -OCH3 is 1. The standard InChI is InChI=1S/C16H21F3N2O2S/c1-22-15-8-7-12(9-13(15)11-5-3-2-4-6-11)14(10-20)21-23-24-16(17,18)19/h8,11,13,21H,2-7,9H2,1H3/b14-12-. The molecule has 1 atom stereocenters. The van der Waals surface area contributed by atoms with Crippen molar-refractivity contribution in [3.05, 3.63) is 23.1 Å². The zero-order chi connectivity index (χ0) is 17.6. The maximum Gasteiger partial charge on any atom is 0.470 e. The van der Waals surface area contributed by atoms with Crippen LogP contribution in [0.5, 0.6) is 0 Å². The fourth-order valence-corrected chi connectivity index (χ4v) is 3.70. The van der Waals surface area contributed by atoms with E-state index in [9.17, 15) is 18.4 Å². The van der Waals surface area contributed by atoms with Crippen molar-refractivity contribution < 1.29 is 22.2 Å². The number of allylic oxidation sites excluding steroid dienone is 4. The van der Waals surface area contributed by atoms with Crippen molar-refractivity contribution in [3.63, 3.8) is 0 Å². The highest BCUT2D eigenvalue weighted by Gasteiger charge is 2.33. The second-order valence-electron chi connectivity index (χ2n) is 6.03. The van der Waals surface area contributed by atoms with Crippen LogP contribution < -0.4 is 5.48 Å². The molecule has 1 unspecified atom stereocenters. The minimum absolute atomic E-state index is 0.0546. The molecule has 134 valence electrons. The lowest BCUT2D eigenvalue weighted by molar-refractivity contribution is -0.0416. The van der Waals surface area contributed by atoms with Gasteiger partial charge >= 0.3 is 5.51 Å². The number of hydrogen-bond donors (Lipinski definition) is 1.